The van der Waals surface area contributed by atoms with Crippen LogP contribution in [0.5, 0.6) is 11.8 Å². The van der Waals surface area contributed by atoms with Crippen LogP contribution in [-0.2, 0) is 20.1 Å². The predicted molar refractivity (Wildman–Crippen MR) is 141 cm³/mol. The van der Waals surface area contributed by atoms with Crippen LogP contribution < -0.4 is 9.47 Å². The highest BCUT2D eigenvalue weighted by atomic mass is 16.5. The number of H-pyrrole nitrogens is 1. The van der Waals surface area contributed by atoms with Gasteiger partial charge < -0.3 is 14.6 Å². The summed E-state index contributed by atoms with van der Waals surface area (Å²) in [4.78, 5) is 2.49. The summed E-state index contributed by atoms with van der Waals surface area (Å²) in [6.07, 6.45) is 8.29. The standard InChI is InChI=1S/C27H33N7O3/c1-4-36-26-20-8-10-24-21-13-18(5-9-23(21)29-30-24)22-14-28-32(3)27(22)37-16-17(2)33(19-6-7-19)15-25(20)34(31-26)11-12-35/h5,8-10,13-14,17,19,35H,4,6-7,11-12,15-16H2,1-3H3,(H,29,30)/b10-8+/t17-/m0/s1. The molecule has 10 nitrogen and oxygen atoms in total. The van der Waals surface area contributed by atoms with Crippen molar-refractivity contribution in [3.8, 4) is 22.9 Å². The second-order valence-electron chi connectivity index (χ2n) is 9.80. The van der Waals surface area contributed by atoms with E-state index in [0.717, 1.165) is 57.7 Å². The number of rotatable bonds is 5. The number of aromatic nitrogens is 6. The van der Waals surface area contributed by atoms with Crippen molar-refractivity contribution < 1.29 is 14.6 Å². The normalized spacial score (nSPS) is 19.2. The van der Waals surface area contributed by atoms with E-state index in [0.29, 0.717) is 38.2 Å². The highest BCUT2D eigenvalue weighted by Gasteiger charge is 2.34. The lowest BCUT2D eigenvalue weighted by molar-refractivity contribution is 0.123. The van der Waals surface area contributed by atoms with Gasteiger partial charge in [-0.05, 0) is 56.5 Å². The summed E-state index contributed by atoms with van der Waals surface area (Å²) < 4.78 is 16.1. The Bertz CT molecular complexity index is 1450. The van der Waals surface area contributed by atoms with E-state index < -0.39 is 0 Å². The zero-order valence-electron chi connectivity index (χ0n) is 21.5. The summed E-state index contributed by atoms with van der Waals surface area (Å²) in [5.41, 5.74) is 5.71. The molecule has 4 aromatic rings. The summed E-state index contributed by atoms with van der Waals surface area (Å²) >= 11 is 0. The third-order valence-corrected chi connectivity index (χ3v) is 7.23. The van der Waals surface area contributed by atoms with Crippen LogP contribution in [0.3, 0.4) is 0 Å². The summed E-state index contributed by atoms with van der Waals surface area (Å²) in [5.74, 6) is 1.33. The number of ether oxygens (including phenoxy) is 2. The summed E-state index contributed by atoms with van der Waals surface area (Å²) in [7, 11) is 1.91. The van der Waals surface area contributed by atoms with E-state index in [1.807, 2.05) is 37.0 Å². The van der Waals surface area contributed by atoms with Gasteiger partial charge in [-0.3, -0.25) is 14.7 Å². The van der Waals surface area contributed by atoms with Crippen LogP contribution in [0, 0.1) is 0 Å². The molecule has 37 heavy (non-hydrogen) atoms. The molecule has 194 valence electrons. The van der Waals surface area contributed by atoms with Crippen molar-refractivity contribution in [3.05, 3.63) is 41.3 Å². The molecule has 6 rings (SSSR count). The molecule has 3 aromatic heterocycles. The van der Waals surface area contributed by atoms with E-state index in [1.165, 1.54) is 0 Å². The second-order valence-corrected chi connectivity index (χ2v) is 9.80. The molecule has 1 aliphatic heterocycles. The highest BCUT2D eigenvalue weighted by molar-refractivity contribution is 5.93. The van der Waals surface area contributed by atoms with Gasteiger partial charge in [-0.25, -0.2) is 4.68 Å². The molecule has 0 radical (unpaired) electrons. The Morgan fingerprint density at radius 3 is 2.89 bits per heavy atom. The van der Waals surface area contributed by atoms with Crippen molar-refractivity contribution >= 4 is 23.1 Å². The molecule has 0 amide bonds. The number of aromatic amines is 1. The van der Waals surface area contributed by atoms with Crippen molar-refractivity contribution in [1.82, 2.24) is 34.7 Å². The van der Waals surface area contributed by atoms with Crippen molar-refractivity contribution in [2.24, 2.45) is 7.05 Å². The van der Waals surface area contributed by atoms with Crippen LogP contribution in [0.25, 0.3) is 34.2 Å². The molecule has 0 saturated heterocycles. The Morgan fingerprint density at radius 1 is 1.24 bits per heavy atom. The van der Waals surface area contributed by atoms with Gasteiger partial charge in [0.15, 0.2) is 0 Å². The Balaban J connectivity index is 1.53. The molecular formula is C27H33N7O3. The number of benzene rings is 1. The highest BCUT2D eigenvalue weighted by Crippen LogP contribution is 2.36. The molecule has 10 heteroatoms. The summed E-state index contributed by atoms with van der Waals surface area (Å²) in [6, 6.07) is 6.85. The first-order chi connectivity index (χ1) is 18.1. The first-order valence-corrected chi connectivity index (χ1v) is 13.0. The number of aryl methyl sites for hydroxylation is 1. The van der Waals surface area contributed by atoms with Crippen LogP contribution in [0.4, 0.5) is 0 Å². The molecule has 1 aromatic carbocycles. The molecule has 0 unspecified atom stereocenters. The molecule has 2 N–H and O–H groups in total. The number of nitrogens with one attached hydrogen (secondary N) is 1. The minimum atomic E-state index is 0.00270. The van der Waals surface area contributed by atoms with E-state index in [1.54, 1.807) is 4.68 Å². The van der Waals surface area contributed by atoms with Crippen LogP contribution in [0.1, 0.15) is 43.6 Å². The number of aliphatic hydroxyl groups is 1. The van der Waals surface area contributed by atoms with E-state index >= 15 is 0 Å². The Kier molecular flexibility index (Phi) is 6.21. The van der Waals surface area contributed by atoms with Gasteiger partial charge in [0.2, 0.25) is 11.8 Å². The summed E-state index contributed by atoms with van der Waals surface area (Å²) in [6.45, 7) is 6.29. The van der Waals surface area contributed by atoms with Crippen LogP contribution in [-0.4, -0.2) is 71.7 Å². The van der Waals surface area contributed by atoms with Gasteiger partial charge in [-0.2, -0.15) is 10.2 Å². The quantitative estimate of drug-likeness (QED) is 0.430. The van der Waals surface area contributed by atoms with Gasteiger partial charge in [0.05, 0.1) is 54.0 Å². The first kappa shape index (κ1) is 23.7. The maximum absolute atomic E-state index is 9.78. The minimum Gasteiger partial charge on any atom is -0.476 e. The maximum Gasteiger partial charge on any atom is 0.240 e. The van der Waals surface area contributed by atoms with Crippen LogP contribution >= 0.6 is 0 Å². The van der Waals surface area contributed by atoms with Crippen molar-refractivity contribution in [2.75, 3.05) is 19.8 Å². The van der Waals surface area contributed by atoms with Crippen molar-refractivity contribution in [2.45, 2.75) is 51.9 Å². The lowest BCUT2D eigenvalue weighted by Crippen LogP contribution is -2.39. The fraction of sp³-hybridized carbons (Fsp3) is 0.444. The van der Waals surface area contributed by atoms with Crippen LogP contribution in [0.2, 0.25) is 0 Å². The fourth-order valence-corrected chi connectivity index (χ4v) is 5.15. The van der Waals surface area contributed by atoms with Crippen molar-refractivity contribution in [1.29, 1.82) is 0 Å². The zero-order chi connectivity index (χ0) is 25.5. The van der Waals surface area contributed by atoms with Gasteiger partial charge in [-0.15, -0.1) is 5.10 Å². The summed E-state index contributed by atoms with van der Waals surface area (Å²) in [5, 5.41) is 27.7. The predicted octanol–water partition coefficient (Wildman–Crippen LogP) is 3.47. The van der Waals surface area contributed by atoms with Gasteiger partial charge in [0.25, 0.3) is 0 Å². The van der Waals surface area contributed by atoms with E-state index in [9.17, 15) is 5.11 Å². The molecule has 1 saturated carbocycles. The van der Waals surface area contributed by atoms with Gasteiger partial charge in [0.1, 0.15) is 6.61 Å². The molecule has 4 heterocycles. The smallest absolute Gasteiger partial charge is 0.240 e. The number of aliphatic hydroxyl groups excluding tert-OH is 1. The largest absolute Gasteiger partial charge is 0.476 e. The second kappa shape index (κ2) is 9.68. The van der Waals surface area contributed by atoms with Gasteiger partial charge >= 0.3 is 0 Å². The molecule has 1 atom stereocenters. The number of fused-ring (bicyclic) bond motifs is 4. The third-order valence-electron chi connectivity index (χ3n) is 7.23. The Hall–Kier alpha value is -3.63. The molecular weight excluding hydrogens is 470 g/mol. The molecule has 0 spiro atoms. The number of hydrogen-bond donors (Lipinski definition) is 2. The SMILES string of the molecule is CCOc1nn(CCO)c2c1/C=C/c1[nH]nc3ccc(cc13)-c1cnn(C)c1OC[C@H](C)N(C1CC1)C2. The average Bonchev–Trinajstić information content (AvgIpc) is 3.44. The van der Waals surface area contributed by atoms with Crippen LogP contribution in [0.15, 0.2) is 24.4 Å². The minimum absolute atomic E-state index is 0.00270. The fourth-order valence-electron chi connectivity index (χ4n) is 5.15. The number of nitrogens with zero attached hydrogens (tertiary/aromatic N) is 6. The first-order valence-electron chi connectivity index (χ1n) is 13.0. The monoisotopic (exact) mass is 503 g/mol. The Labute approximate surface area is 215 Å². The lowest BCUT2D eigenvalue weighted by Gasteiger charge is -2.29. The third kappa shape index (κ3) is 4.40. The molecule has 1 fully saturated rings. The molecule has 1 aliphatic carbocycles. The lowest BCUT2D eigenvalue weighted by atomic mass is 10.1. The molecule has 2 bridgehead atoms. The van der Waals surface area contributed by atoms with Gasteiger partial charge in [-0.1, -0.05) is 6.07 Å². The van der Waals surface area contributed by atoms with E-state index in [-0.39, 0.29) is 12.6 Å². The maximum atomic E-state index is 9.78. The van der Waals surface area contributed by atoms with Gasteiger partial charge in [0, 0.05) is 31.1 Å². The number of hydrogen-bond acceptors (Lipinski definition) is 7. The average molecular weight is 504 g/mol. The van der Waals surface area contributed by atoms with Crippen molar-refractivity contribution in [3.63, 3.8) is 0 Å². The Morgan fingerprint density at radius 2 is 2.11 bits per heavy atom. The van der Waals surface area contributed by atoms with E-state index in [4.69, 9.17) is 14.6 Å². The molecule has 2 aliphatic rings. The topological polar surface area (TPSA) is 106 Å². The zero-order valence-corrected chi connectivity index (χ0v) is 21.5. The van der Waals surface area contributed by atoms with E-state index in [2.05, 4.69) is 45.3 Å².